The van der Waals surface area contributed by atoms with Gasteiger partial charge in [0.05, 0.1) is 17.6 Å². The Kier molecular flexibility index (Phi) is 3.44. The lowest BCUT2D eigenvalue weighted by Crippen LogP contribution is -2.53. The summed E-state index contributed by atoms with van der Waals surface area (Å²) in [5, 5.41) is 8.29. The summed E-state index contributed by atoms with van der Waals surface area (Å²) < 4.78 is 0. The van der Waals surface area contributed by atoms with Gasteiger partial charge in [0.25, 0.3) is 0 Å². The second kappa shape index (κ2) is 5.25. The number of fused-ring (bicyclic) bond motifs is 1. The fourth-order valence-electron chi connectivity index (χ4n) is 2.91. The molecule has 0 spiro atoms. The number of nitrogens with zero attached hydrogens (tertiary/aromatic N) is 3. The number of aromatic amines is 1. The van der Waals surface area contributed by atoms with E-state index in [0.717, 1.165) is 36.2 Å². The highest BCUT2D eigenvalue weighted by molar-refractivity contribution is 5.87. The predicted octanol–water partition coefficient (Wildman–Crippen LogP) is 1.27. The van der Waals surface area contributed by atoms with Gasteiger partial charge in [-0.25, -0.2) is 0 Å². The zero-order valence-electron chi connectivity index (χ0n) is 12.0. The first-order valence-electron chi connectivity index (χ1n) is 7.05. The maximum absolute atomic E-state index is 12.5. The standard InChI is InChI=1S/C15H20N4O/c1-11-10-18(2)7-8-19(11)15(20)9-14-12-5-3-4-6-13(12)16-17-14/h3-6,11H,7-10H2,1-2H3,(H,16,17). The minimum atomic E-state index is 0.181. The molecule has 1 N–H and O–H groups in total. The molecule has 106 valence electrons. The van der Waals surface area contributed by atoms with Gasteiger partial charge in [-0.2, -0.15) is 5.10 Å². The van der Waals surface area contributed by atoms with Gasteiger partial charge < -0.3 is 9.80 Å². The van der Waals surface area contributed by atoms with E-state index < -0.39 is 0 Å². The Morgan fingerprint density at radius 2 is 2.20 bits per heavy atom. The van der Waals surface area contributed by atoms with Crippen molar-refractivity contribution >= 4 is 16.8 Å². The van der Waals surface area contributed by atoms with Crippen LogP contribution in [-0.4, -0.2) is 58.6 Å². The van der Waals surface area contributed by atoms with Gasteiger partial charge >= 0.3 is 0 Å². The largest absolute Gasteiger partial charge is 0.337 e. The third kappa shape index (κ3) is 2.41. The van der Waals surface area contributed by atoms with Crippen molar-refractivity contribution in [2.24, 2.45) is 0 Å². The van der Waals surface area contributed by atoms with Crippen molar-refractivity contribution in [3.63, 3.8) is 0 Å². The lowest BCUT2D eigenvalue weighted by Gasteiger charge is -2.38. The van der Waals surface area contributed by atoms with Crippen molar-refractivity contribution in [3.8, 4) is 0 Å². The SMILES string of the molecule is CC1CN(C)CCN1C(=O)Cc1[nH]nc2ccccc12. The molecular formula is C15H20N4O. The summed E-state index contributed by atoms with van der Waals surface area (Å²) in [6.07, 6.45) is 0.397. The number of amides is 1. The second-order valence-electron chi connectivity index (χ2n) is 5.59. The van der Waals surface area contributed by atoms with Crippen LogP contribution in [0, 0.1) is 0 Å². The van der Waals surface area contributed by atoms with Crippen LogP contribution in [0.25, 0.3) is 10.9 Å². The monoisotopic (exact) mass is 272 g/mol. The zero-order chi connectivity index (χ0) is 14.1. The number of para-hydroxylation sites is 1. The molecule has 5 nitrogen and oxygen atoms in total. The van der Waals surface area contributed by atoms with Crippen molar-refractivity contribution in [2.45, 2.75) is 19.4 Å². The van der Waals surface area contributed by atoms with Gasteiger partial charge in [0.15, 0.2) is 0 Å². The molecule has 1 amide bonds. The lowest BCUT2D eigenvalue weighted by molar-refractivity contribution is -0.134. The van der Waals surface area contributed by atoms with Crippen molar-refractivity contribution in [1.82, 2.24) is 20.0 Å². The van der Waals surface area contributed by atoms with Gasteiger partial charge in [-0.3, -0.25) is 9.89 Å². The molecular weight excluding hydrogens is 252 g/mol. The molecule has 1 unspecified atom stereocenters. The zero-order valence-corrected chi connectivity index (χ0v) is 12.0. The molecule has 5 heteroatoms. The number of piperazine rings is 1. The maximum Gasteiger partial charge on any atom is 0.228 e. The summed E-state index contributed by atoms with van der Waals surface area (Å²) in [5.41, 5.74) is 1.83. The smallest absolute Gasteiger partial charge is 0.228 e. The van der Waals surface area contributed by atoms with Crippen molar-refractivity contribution in [3.05, 3.63) is 30.0 Å². The molecule has 1 aromatic heterocycles. The van der Waals surface area contributed by atoms with E-state index in [1.54, 1.807) is 0 Å². The highest BCUT2D eigenvalue weighted by atomic mass is 16.2. The number of likely N-dealkylation sites (N-methyl/N-ethyl adjacent to an activating group) is 1. The third-order valence-electron chi connectivity index (χ3n) is 4.02. The summed E-state index contributed by atoms with van der Waals surface area (Å²) in [6, 6.07) is 8.17. The topological polar surface area (TPSA) is 52.2 Å². The van der Waals surface area contributed by atoms with E-state index in [9.17, 15) is 4.79 Å². The molecule has 1 atom stereocenters. The molecule has 1 fully saturated rings. The van der Waals surface area contributed by atoms with Crippen LogP contribution in [0.3, 0.4) is 0 Å². The van der Waals surface area contributed by atoms with Gasteiger partial charge in [-0.15, -0.1) is 0 Å². The molecule has 2 heterocycles. The normalized spacial score (nSPS) is 20.5. The summed E-state index contributed by atoms with van der Waals surface area (Å²) in [5.74, 6) is 0.181. The van der Waals surface area contributed by atoms with Crippen LogP contribution in [0.2, 0.25) is 0 Å². The molecule has 0 aliphatic carbocycles. The molecule has 0 saturated carbocycles. The number of carbonyl (C=O) groups excluding carboxylic acids is 1. The van der Waals surface area contributed by atoms with Gasteiger partial charge in [0.1, 0.15) is 0 Å². The first-order chi connectivity index (χ1) is 9.65. The Morgan fingerprint density at radius 3 is 3.00 bits per heavy atom. The number of hydrogen-bond donors (Lipinski definition) is 1. The van der Waals surface area contributed by atoms with E-state index in [1.807, 2.05) is 29.2 Å². The van der Waals surface area contributed by atoms with Crippen molar-refractivity contribution < 1.29 is 4.79 Å². The summed E-state index contributed by atoms with van der Waals surface area (Å²) in [4.78, 5) is 16.7. The predicted molar refractivity (Wildman–Crippen MR) is 78.5 cm³/mol. The minimum absolute atomic E-state index is 0.181. The number of rotatable bonds is 2. The Hall–Kier alpha value is -1.88. The Bertz CT molecular complexity index is 621. The summed E-state index contributed by atoms with van der Waals surface area (Å²) in [6.45, 7) is 4.80. The van der Waals surface area contributed by atoms with Crippen molar-refractivity contribution in [2.75, 3.05) is 26.7 Å². The highest BCUT2D eigenvalue weighted by Gasteiger charge is 2.26. The average Bonchev–Trinajstić information content (AvgIpc) is 2.82. The molecule has 1 aliphatic rings. The van der Waals surface area contributed by atoms with Gasteiger partial charge in [-0.05, 0) is 20.0 Å². The Morgan fingerprint density at radius 1 is 1.40 bits per heavy atom. The van der Waals surface area contributed by atoms with E-state index in [1.165, 1.54) is 0 Å². The third-order valence-corrected chi connectivity index (χ3v) is 4.02. The van der Waals surface area contributed by atoms with E-state index in [-0.39, 0.29) is 11.9 Å². The number of H-pyrrole nitrogens is 1. The van der Waals surface area contributed by atoms with Crippen molar-refractivity contribution in [1.29, 1.82) is 0 Å². The Balaban J connectivity index is 1.76. The molecule has 1 saturated heterocycles. The molecule has 0 bridgehead atoms. The van der Waals surface area contributed by atoms with Gasteiger partial charge in [0, 0.05) is 31.1 Å². The van der Waals surface area contributed by atoms with Crippen LogP contribution in [0.4, 0.5) is 0 Å². The molecule has 1 aromatic carbocycles. The van der Waals surface area contributed by atoms with E-state index in [4.69, 9.17) is 0 Å². The maximum atomic E-state index is 12.5. The van der Waals surface area contributed by atoms with E-state index in [0.29, 0.717) is 6.42 Å². The minimum Gasteiger partial charge on any atom is -0.337 e. The molecule has 1 aliphatic heterocycles. The van der Waals surface area contributed by atoms with Crippen LogP contribution >= 0.6 is 0 Å². The van der Waals surface area contributed by atoms with Crippen LogP contribution in [0.1, 0.15) is 12.6 Å². The summed E-state index contributed by atoms with van der Waals surface area (Å²) in [7, 11) is 2.10. The number of hydrogen-bond acceptors (Lipinski definition) is 3. The number of nitrogens with one attached hydrogen (secondary N) is 1. The second-order valence-corrected chi connectivity index (χ2v) is 5.59. The van der Waals surface area contributed by atoms with Crippen LogP contribution in [-0.2, 0) is 11.2 Å². The quantitative estimate of drug-likeness (QED) is 0.895. The van der Waals surface area contributed by atoms with E-state index in [2.05, 4.69) is 29.1 Å². The number of benzene rings is 1. The van der Waals surface area contributed by atoms with Crippen LogP contribution in [0.15, 0.2) is 24.3 Å². The molecule has 20 heavy (non-hydrogen) atoms. The average molecular weight is 272 g/mol. The van der Waals surface area contributed by atoms with E-state index >= 15 is 0 Å². The summed E-state index contributed by atoms with van der Waals surface area (Å²) >= 11 is 0. The first-order valence-corrected chi connectivity index (χ1v) is 7.05. The number of aromatic nitrogens is 2. The number of carbonyl (C=O) groups is 1. The highest BCUT2D eigenvalue weighted by Crippen LogP contribution is 2.17. The fraction of sp³-hybridized carbons (Fsp3) is 0.467. The van der Waals surface area contributed by atoms with Crippen LogP contribution in [0.5, 0.6) is 0 Å². The van der Waals surface area contributed by atoms with Gasteiger partial charge in [-0.1, -0.05) is 18.2 Å². The first kappa shape index (κ1) is 13.1. The van der Waals surface area contributed by atoms with Crippen LogP contribution < -0.4 is 0 Å². The molecule has 2 aromatic rings. The lowest BCUT2D eigenvalue weighted by atomic mass is 10.1. The molecule has 0 radical (unpaired) electrons. The molecule has 3 rings (SSSR count). The Labute approximate surface area is 118 Å². The van der Waals surface area contributed by atoms with Gasteiger partial charge in [0.2, 0.25) is 5.91 Å². The fourth-order valence-corrected chi connectivity index (χ4v) is 2.91.